The molecule has 0 amide bonds. The zero-order valence-electron chi connectivity index (χ0n) is 14.2. The number of nitrogens with zero attached hydrogens (tertiary/aromatic N) is 2. The van der Waals surface area contributed by atoms with Crippen LogP contribution in [0.1, 0.15) is 18.1 Å². The van der Waals surface area contributed by atoms with Gasteiger partial charge in [0.25, 0.3) is 0 Å². The van der Waals surface area contributed by atoms with E-state index >= 15 is 0 Å². The Kier molecular flexibility index (Phi) is 5.22. The van der Waals surface area contributed by atoms with Crippen LogP contribution in [-0.2, 0) is 15.7 Å². The van der Waals surface area contributed by atoms with Crippen LogP contribution in [0.2, 0.25) is 0 Å². The number of aliphatic hydroxyl groups is 1. The molecule has 1 aromatic rings. The predicted molar refractivity (Wildman–Crippen MR) is 88.7 cm³/mol. The van der Waals surface area contributed by atoms with Gasteiger partial charge in [0, 0.05) is 0 Å². The minimum absolute atomic E-state index is 0.0859. The largest absolute Gasteiger partial charge is 0.416 e. The number of nitrogens with one attached hydrogen (secondary N) is 1. The number of aliphatic hydroxyl groups excluding tert-OH is 1. The molecule has 1 aromatic carbocycles. The van der Waals surface area contributed by atoms with Gasteiger partial charge in [-0.2, -0.15) is 13.2 Å². The summed E-state index contributed by atoms with van der Waals surface area (Å²) < 4.78 is 48.7. The molecule has 0 unspecified atom stereocenters. The Morgan fingerprint density at radius 3 is 2.50 bits per heavy atom. The molecule has 1 saturated heterocycles. The van der Waals surface area contributed by atoms with Crippen molar-refractivity contribution in [3.05, 3.63) is 41.2 Å². The summed E-state index contributed by atoms with van der Waals surface area (Å²) in [6.45, 7) is 3.23. The standard InChI is InChI=1S/C17H20F3N3O3/c1-16(9-25-11-26-10-16)15-21-14(22-23(15)6-7-24)8-12-2-4-13(5-3-12)17(18,19)20/h2-5,8,22,24H,6-7,9-11H2,1H3. The van der Waals surface area contributed by atoms with Crippen molar-refractivity contribution in [1.29, 1.82) is 0 Å². The summed E-state index contributed by atoms with van der Waals surface area (Å²) in [7, 11) is 0. The van der Waals surface area contributed by atoms with E-state index in [2.05, 4.69) is 10.4 Å². The number of ether oxygens (including phenoxy) is 2. The van der Waals surface area contributed by atoms with E-state index in [1.54, 1.807) is 11.1 Å². The quantitative estimate of drug-likeness (QED) is 0.850. The van der Waals surface area contributed by atoms with Gasteiger partial charge >= 0.3 is 6.18 Å². The van der Waals surface area contributed by atoms with Crippen molar-refractivity contribution in [3.63, 3.8) is 0 Å². The van der Waals surface area contributed by atoms with Crippen molar-refractivity contribution in [2.45, 2.75) is 13.1 Å². The van der Waals surface area contributed by atoms with Crippen LogP contribution in [0.5, 0.6) is 0 Å². The summed E-state index contributed by atoms with van der Waals surface area (Å²) in [5.41, 5.74) is 2.44. The highest BCUT2D eigenvalue weighted by molar-refractivity contribution is 5.91. The Balaban J connectivity index is 1.84. The summed E-state index contributed by atoms with van der Waals surface area (Å²) in [5.74, 6) is 1.13. The van der Waals surface area contributed by atoms with Crippen LogP contribution < -0.4 is 5.43 Å². The van der Waals surface area contributed by atoms with Gasteiger partial charge in [-0.1, -0.05) is 12.1 Å². The molecule has 0 bridgehead atoms. The van der Waals surface area contributed by atoms with Gasteiger partial charge in [-0.25, -0.2) is 4.99 Å². The molecule has 2 heterocycles. The Morgan fingerprint density at radius 1 is 1.27 bits per heavy atom. The van der Waals surface area contributed by atoms with E-state index in [0.29, 0.717) is 37.0 Å². The average Bonchev–Trinajstić information content (AvgIpc) is 2.99. The third kappa shape index (κ3) is 4.00. The average molecular weight is 371 g/mol. The third-order valence-electron chi connectivity index (χ3n) is 4.14. The zero-order valence-corrected chi connectivity index (χ0v) is 14.2. The normalized spacial score (nSPS) is 21.7. The Bertz CT molecular complexity index is 695. The Hall–Kier alpha value is -2.10. The molecule has 142 valence electrons. The second kappa shape index (κ2) is 7.26. The lowest BCUT2D eigenvalue weighted by molar-refractivity contribution is -0.140. The summed E-state index contributed by atoms with van der Waals surface area (Å²) in [5, 5.41) is 11.0. The fraction of sp³-hybridized carbons (Fsp3) is 0.471. The smallest absolute Gasteiger partial charge is 0.394 e. The van der Waals surface area contributed by atoms with E-state index in [1.807, 2.05) is 6.92 Å². The van der Waals surface area contributed by atoms with E-state index < -0.39 is 17.2 Å². The number of β-amino-alcohol motifs (C(OH)–C–C–N with tert-alkyl or cyclic N) is 1. The molecular weight excluding hydrogens is 351 g/mol. The van der Waals surface area contributed by atoms with Gasteiger partial charge in [0.05, 0.1) is 37.3 Å². The molecule has 0 saturated carbocycles. The van der Waals surface area contributed by atoms with Crippen LogP contribution in [-0.4, -0.2) is 49.1 Å². The highest BCUT2D eigenvalue weighted by Gasteiger charge is 2.40. The maximum atomic E-state index is 12.7. The zero-order chi connectivity index (χ0) is 18.8. The number of alkyl halides is 3. The molecule has 0 atom stereocenters. The minimum atomic E-state index is -4.36. The minimum Gasteiger partial charge on any atom is -0.394 e. The van der Waals surface area contributed by atoms with Gasteiger partial charge in [-0.05, 0) is 30.7 Å². The van der Waals surface area contributed by atoms with Gasteiger partial charge in [0.1, 0.15) is 18.4 Å². The number of hydrogen-bond donors (Lipinski definition) is 2. The monoisotopic (exact) mass is 371 g/mol. The highest BCUT2D eigenvalue weighted by atomic mass is 19.4. The molecule has 1 fully saturated rings. The molecule has 9 heteroatoms. The first-order chi connectivity index (χ1) is 12.3. The van der Waals surface area contributed by atoms with Gasteiger partial charge in [0.15, 0.2) is 0 Å². The van der Waals surface area contributed by atoms with Crippen LogP contribution in [0.4, 0.5) is 13.2 Å². The summed E-state index contributed by atoms with van der Waals surface area (Å²) in [4.78, 5) is 4.55. The fourth-order valence-electron chi connectivity index (χ4n) is 2.87. The van der Waals surface area contributed by atoms with E-state index in [1.165, 1.54) is 12.1 Å². The second-order valence-electron chi connectivity index (χ2n) is 6.45. The van der Waals surface area contributed by atoms with Gasteiger partial charge in [-0.3, -0.25) is 10.4 Å². The molecular formula is C17H20F3N3O3. The summed E-state index contributed by atoms with van der Waals surface area (Å²) in [6.07, 6.45) is -2.72. The van der Waals surface area contributed by atoms with Crippen molar-refractivity contribution in [3.8, 4) is 0 Å². The maximum Gasteiger partial charge on any atom is 0.416 e. The maximum absolute atomic E-state index is 12.7. The van der Waals surface area contributed by atoms with Crippen LogP contribution in [0.15, 0.2) is 35.1 Å². The number of aliphatic imine (C=N–C) groups is 1. The van der Waals surface area contributed by atoms with Crippen molar-refractivity contribution >= 4 is 11.9 Å². The van der Waals surface area contributed by atoms with Gasteiger partial charge in [-0.15, -0.1) is 0 Å². The number of rotatable bonds is 4. The molecule has 0 spiro atoms. The topological polar surface area (TPSA) is 66.3 Å². The van der Waals surface area contributed by atoms with Crippen LogP contribution in [0.25, 0.3) is 6.08 Å². The molecule has 0 radical (unpaired) electrons. The predicted octanol–water partition coefficient (Wildman–Crippen LogP) is 2.23. The first-order valence-corrected chi connectivity index (χ1v) is 8.10. The molecule has 26 heavy (non-hydrogen) atoms. The number of benzene rings is 1. The molecule has 2 N–H and O–H groups in total. The van der Waals surface area contributed by atoms with Crippen molar-refractivity contribution in [1.82, 2.24) is 10.4 Å². The Morgan fingerprint density at radius 2 is 1.92 bits per heavy atom. The number of hydrazine groups is 1. The number of halogens is 3. The highest BCUT2D eigenvalue weighted by Crippen LogP contribution is 2.31. The third-order valence-corrected chi connectivity index (χ3v) is 4.14. The molecule has 6 nitrogen and oxygen atoms in total. The van der Waals surface area contributed by atoms with E-state index in [4.69, 9.17) is 9.47 Å². The van der Waals surface area contributed by atoms with Crippen molar-refractivity contribution in [2.24, 2.45) is 10.4 Å². The molecule has 2 aliphatic heterocycles. The summed E-state index contributed by atoms with van der Waals surface area (Å²) >= 11 is 0. The molecule has 2 aliphatic rings. The van der Waals surface area contributed by atoms with Crippen LogP contribution >= 0.6 is 0 Å². The Labute approximate surface area is 148 Å². The molecule has 3 rings (SSSR count). The van der Waals surface area contributed by atoms with E-state index in [0.717, 1.165) is 12.1 Å². The van der Waals surface area contributed by atoms with Gasteiger partial charge in [0.2, 0.25) is 0 Å². The van der Waals surface area contributed by atoms with Crippen molar-refractivity contribution in [2.75, 3.05) is 33.2 Å². The summed E-state index contributed by atoms with van der Waals surface area (Å²) in [6, 6.07) is 4.83. The van der Waals surface area contributed by atoms with E-state index in [9.17, 15) is 18.3 Å². The number of amidine groups is 1. The number of hydrogen-bond acceptors (Lipinski definition) is 6. The van der Waals surface area contributed by atoms with Crippen LogP contribution in [0.3, 0.4) is 0 Å². The van der Waals surface area contributed by atoms with Crippen molar-refractivity contribution < 1.29 is 27.8 Å². The molecule has 0 aliphatic carbocycles. The fourth-order valence-corrected chi connectivity index (χ4v) is 2.87. The van der Waals surface area contributed by atoms with Crippen LogP contribution in [0, 0.1) is 5.41 Å². The van der Waals surface area contributed by atoms with E-state index in [-0.39, 0.29) is 13.4 Å². The SMILES string of the molecule is CC1(C2=NC(=Cc3ccc(C(F)(F)F)cc3)NN2CCO)COCOC1. The lowest BCUT2D eigenvalue weighted by Gasteiger charge is -2.36. The van der Waals surface area contributed by atoms with Gasteiger partial charge < -0.3 is 14.6 Å². The first kappa shape index (κ1) is 18.7. The lowest BCUT2D eigenvalue weighted by Crippen LogP contribution is -2.51. The molecule has 0 aromatic heterocycles. The lowest BCUT2D eigenvalue weighted by atomic mass is 9.90. The first-order valence-electron chi connectivity index (χ1n) is 8.10. The second-order valence-corrected chi connectivity index (χ2v) is 6.45.